The SMILES string of the molecule is COc1cc(OCC(=O)CC(=O)COc2cc(O)cc(O)c2)cc(OC)c1OC. The molecule has 0 aliphatic carbocycles. The third-order valence-electron chi connectivity index (χ3n) is 3.71. The lowest BCUT2D eigenvalue weighted by Crippen LogP contribution is -2.20. The van der Waals surface area contributed by atoms with Crippen molar-refractivity contribution < 1.29 is 43.5 Å². The zero-order chi connectivity index (χ0) is 21.4. The summed E-state index contributed by atoms with van der Waals surface area (Å²) in [6.07, 6.45) is -0.394. The molecule has 2 aromatic rings. The van der Waals surface area contributed by atoms with E-state index in [2.05, 4.69) is 0 Å². The highest BCUT2D eigenvalue weighted by Gasteiger charge is 2.16. The summed E-state index contributed by atoms with van der Waals surface area (Å²) in [4.78, 5) is 23.9. The average molecular weight is 406 g/mol. The summed E-state index contributed by atoms with van der Waals surface area (Å²) >= 11 is 0. The van der Waals surface area contributed by atoms with Gasteiger partial charge in [-0.1, -0.05) is 0 Å². The molecule has 9 heteroatoms. The van der Waals surface area contributed by atoms with Crippen LogP contribution in [0.1, 0.15) is 6.42 Å². The number of carbonyl (C=O) groups is 2. The van der Waals surface area contributed by atoms with Crippen LogP contribution in [0.4, 0.5) is 0 Å². The summed E-state index contributed by atoms with van der Waals surface area (Å²) < 4.78 is 26.2. The molecule has 0 aliphatic heterocycles. The van der Waals surface area contributed by atoms with Crippen molar-refractivity contribution in [3.05, 3.63) is 30.3 Å². The number of rotatable bonds is 11. The van der Waals surface area contributed by atoms with E-state index in [1.165, 1.54) is 45.6 Å². The van der Waals surface area contributed by atoms with Crippen LogP contribution in [0.25, 0.3) is 0 Å². The van der Waals surface area contributed by atoms with Crippen LogP contribution < -0.4 is 23.7 Å². The van der Waals surface area contributed by atoms with Crippen molar-refractivity contribution in [1.29, 1.82) is 0 Å². The molecule has 0 spiro atoms. The van der Waals surface area contributed by atoms with Crippen LogP contribution in [0.5, 0.6) is 40.2 Å². The van der Waals surface area contributed by atoms with Crippen LogP contribution in [0.15, 0.2) is 30.3 Å². The van der Waals surface area contributed by atoms with E-state index >= 15 is 0 Å². The monoisotopic (exact) mass is 406 g/mol. The van der Waals surface area contributed by atoms with Gasteiger partial charge in [-0.15, -0.1) is 0 Å². The number of aromatic hydroxyl groups is 2. The lowest BCUT2D eigenvalue weighted by atomic mass is 10.2. The fourth-order valence-electron chi connectivity index (χ4n) is 2.44. The Morgan fingerprint density at radius 1 is 0.724 bits per heavy atom. The first-order valence-corrected chi connectivity index (χ1v) is 8.48. The fourth-order valence-corrected chi connectivity index (χ4v) is 2.44. The maximum Gasteiger partial charge on any atom is 0.203 e. The standard InChI is InChI=1S/C20H22O9/c1-25-18-8-17(9-19(26-2)20(18)27-3)29-11-15(24)5-14(23)10-28-16-6-12(21)4-13(22)7-16/h4,6-9,21-22H,5,10-11H2,1-3H3. The Morgan fingerprint density at radius 2 is 1.17 bits per heavy atom. The van der Waals surface area contributed by atoms with Gasteiger partial charge in [-0.25, -0.2) is 0 Å². The Bertz CT molecular complexity index is 831. The number of phenolic OH excluding ortho intramolecular Hbond substituents is 2. The van der Waals surface area contributed by atoms with E-state index in [-0.39, 0.29) is 23.9 Å². The zero-order valence-corrected chi connectivity index (χ0v) is 16.3. The molecule has 0 aromatic heterocycles. The van der Waals surface area contributed by atoms with Crippen LogP contribution in [-0.2, 0) is 9.59 Å². The summed E-state index contributed by atoms with van der Waals surface area (Å²) in [5.74, 6) is 0.200. The third kappa shape index (κ3) is 6.20. The first-order chi connectivity index (χ1) is 13.9. The van der Waals surface area contributed by atoms with E-state index in [0.717, 1.165) is 6.07 Å². The van der Waals surface area contributed by atoms with Gasteiger partial charge in [0.15, 0.2) is 23.1 Å². The number of ketones is 2. The molecule has 2 rings (SSSR count). The molecule has 0 aliphatic rings. The normalized spacial score (nSPS) is 10.2. The van der Waals surface area contributed by atoms with Crippen LogP contribution >= 0.6 is 0 Å². The molecular formula is C20H22O9. The minimum absolute atomic E-state index is 0.108. The Kier molecular flexibility index (Phi) is 7.53. The minimum Gasteiger partial charge on any atom is -0.508 e. The molecule has 0 atom stereocenters. The molecule has 0 heterocycles. The number of Topliss-reactive ketones (excluding diaryl/α,β-unsaturated/α-hetero) is 2. The van der Waals surface area contributed by atoms with Gasteiger partial charge in [-0.2, -0.15) is 0 Å². The number of ether oxygens (including phenoxy) is 5. The van der Waals surface area contributed by atoms with E-state index in [9.17, 15) is 19.8 Å². The Hall–Kier alpha value is -3.62. The third-order valence-corrected chi connectivity index (χ3v) is 3.71. The lowest BCUT2D eigenvalue weighted by Gasteiger charge is -2.14. The van der Waals surface area contributed by atoms with Gasteiger partial charge in [0.25, 0.3) is 0 Å². The fraction of sp³-hybridized carbons (Fsp3) is 0.300. The molecule has 2 aromatic carbocycles. The summed E-state index contributed by atoms with van der Waals surface area (Å²) in [7, 11) is 4.38. The van der Waals surface area contributed by atoms with Crippen molar-refractivity contribution in [1.82, 2.24) is 0 Å². The highest BCUT2D eigenvalue weighted by molar-refractivity contribution is 6.00. The highest BCUT2D eigenvalue weighted by atomic mass is 16.5. The molecule has 0 amide bonds. The number of hydrogen-bond acceptors (Lipinski definition) is 9. The van der Waals surface area contributed by atoms with Crippen molar-refractivity contribution in [2.24, 2.45) is 0 Å². The largest absolute Gasteiger partial charge is 0.508 e. The van der Waals surface area contributed by atoms with Crippen LogP contribution in [0, 0.1) is 0 Å². The maximum absolute atomic E-state index is 12.0. The first-order valence-electron chi connectivity index (χ1n) is 8.48. The molecule has 156 valence electrons. The van der Waals surface area contributed by atoms with Crippen LogP contribution in [0.2, 0.25) is 0 Å². The van der Waals surface area contributed by atoms with Crippen molar-refractivity contribution in [2.45, 2.75) is 6.42 Å². The number of hydrogen-bond donors (Lipinski definition) is 2. The van der Waals surface area contributed by atoms with E-state index in [0.29, 0.717) is 23.0 Å². The molecule has 0 saturated carbocycles. The van der Waals surface area contributed by atoms with Gasteiger partial charge in [-0.05, 0) is 0 Å². The Balaban J connectivity index is 1.88. The highest BCUT2D eigenvalue weighted by Crippen LogP contribution is 2.40. The van der Waals surface area contributed by atoms with Gasteiger partial charge in [0.1, 0.15) is 36.2 Å². The van der Waals surface area contributed by atoms with E-state index < -0.39 is 24.6 Å². The van der Waals surface area contributed by atoms with Crippen LogP contribution in [0.3, 0.4) is 0 Å². The van der Waals surface area contributed by atoms with E-state index in [1.54, 1.807) is 0 Å². The van der Waals surface area contributed by atoms with Crippen LogP contribution in [-0.4, -0.2) is 56.3 Å². The molecule has 29 heavy (non-hydrogen) atoms. The second kappa shape index (κ2) is 10.1. The molecule has 0 unspecified atom stereocenters. The second-order valence-corrected chi connectivity index (χ2v) is 5.88. The lowest BCUT2D eigenvalue weighted by molar-refractivity contribution is -0.129. The summed E-state index contributed by atoms with van der Waals surface area (Å²) in [6.45, 7) is -0.726. The van der Waals surface area contributed by atoms with E-state index in [4.69, 9.17) is 23.7 Å². The topological polar surface area (TPSA) is 121 Å². The average Bonchev–Trinajstić information content (AvgIpc) is 2.69. The number of carbonyl (C=O) groups excluding carboxylic acids is 2. The molecular weight excluding hydrogens is 384 g/mol. The minimum atomic E-state index is -0.480. The summed E-state index contributed by atoms with van der Waals surface area (Å²) in [6, 6.07) is 6.67. The summed E-state index contributed by atoms with van der Waals surface area (Å²) in [5.41, 5.74) is 0. The van der Waals surface area contributed by atoms with Gasteiger partial charge >= 0.3 is 0 Å². The molecule has 0 radical (unpaired) electrons. The first kappa shape index (κ1) is 21.7. The van der Waals surface area contributed by atoms with E-state index in [1.807, 2.05) is 0 Å². The zero-order valence-electron chi connectivity index (χ0n) is 16.3. The van der Waals surface area contributed by atoms with Gasteiger partial charge < -0.3 is 33.9 Å². The van der Waals surface area contributed by atoms with Gasteiger partial charge in [-0.3, -0.25) is 9.59 Å². The number of phenols is 2. The smallest absolute Gasteiger partial charge is 0.203 e. The second-order valence-electron chi connectivity index (χ2n) is 5.88. The van der Waals surface area contributed by atoms with Crippen molar-refractivity contribution in [3.8, 4) is 40.2 Å². The number of methoxy groups -OCH3 is 3. The van der Waals surface area contributed by atoms with Crippen molar-refractivity contribution in [2.75, 3.05) is 34.5 Å². The summed E-state index contributed by atoms with van der Waals surface area (Å²) in [5, 5.41) is 18.7. The molecule has 0 fully saturated rings. The molecule has 0 bridgehead atoms. The van der Waals surface area contributed by atoms with Gasteiger partial charge in [0, 0.05) is 30.3 Å². The molecule has 2 N–H and O–H groups in total. The predicted octanol–water partition coefficient (Wildman–Crippen LogP) is 2.11. The number of benzene rings is 2. The van der Waals surface area contributed by atoms with Crippen molar-refractivity contribution >= 4 is 11.6 Å². The van der Waals surface area contributed by atoms with Gasteiger partial charge in [0.05, 0.1) is 27.8 Å². The van der Waals surface area contributed by atoms with Gasteiger partial charge in [0.2, 0.25) is 5.75 Å². The maximum atomic E-state index is 12.0. The predicted molar refractivity (Wildman–Crippen MR) is 101 cm³/mol. The quantitative estimate of drug-likeness (QED) is 0.540. The molecule has 0 saturated heterocycles. The Labute approximate surface area is 167 Å². The van der Waals surface area contributed by atoms with Crippen molar-refractivity contribution in [3.63, 3.8) is 0 Å². The Morgan fingerprint density at radius 3 is 1.59 bits per heavy atom. The molecule has 9 nitrogen and oxygen atoms in total.